The number of carboxylic acid groups (broad SMARTS) is 1. The van der Waals surface area contributed by atoms with Crippen molar-refractivity contribution in [1.29, 1.82) is 0 Å². The summed E-state index contributed by atoms with van der Waals surface area (Å²) < 4.78 is 0. The highest BCUT2D eigenvalue weighted by Gasteiger charge is 2.23. The molecule has 0 saturated carbocycles. The largest absolute Gasteiger partial charge is 0.480 e. The minimum Gasteiger partial charge on any atom is -0.480 e. The zero-order valence-electron chi connectivity index (χ0n) is 14.1. The molecule has 24 heavy (non-hydrogen) atoms. The molecule has 7 heteroatoms. The van der Waals surface area contributed by atoms with Gasteiger partial charge in [-0.25, -0.2) is 9.78 Å². The maximum Gasteiger partial charge on any atom is 0.326 e. The lowest BCUT2D eigenvalue weighted by molar-refractivity contribution is -0.142. The van der Waals surface area contributed by atoms with E-state index in [0.29, 0.717) is 6.42 Å². The third-order valence-corrected chi connectivity index (χ3v) is 4.19. The molecule has 1 atom stereocenters. The molecule has 7 nitrogen and oxygen atoms in total. The number of pyridine rings is 1. The summed E-state index contributed by atoms with van der Waals surface area (Å²) in [4.78, 5) is 31.9. The number of nitrogens with one attached hydrogen (secondary N) is 1. The Morgan fingerprint density at radius 3 is 2.62 bits per heavy atom. The van der Waals surface area contributed by atoms with Crippen LogP contribution in [0.15, 0.2) is 24.4 Å². The molecule has 1 aliphatic heterocycles. The Balaban J connectivity index is 1.76. The van der Waals surface area contributed by atoms with Crippen molar-refractivity contribution in [3.05, 3.63) is 24.4 Å². The maximum atomic E-state index is 12.1. The number of nitrogens with zero attached hydrogens (tertiary/aromatic N) is 3. The number of hydrogen-bond acceptors (Lipinski definition) is 5. The monoisotopic (exact) mass is 334 g/mol. The number of anilines is 1. The van der Waals surface area contributed by atoms with E-state index < -0.39 is 12.0 Å². The third kappa shape index (κ3) is 5.49. The summed E-state index contributed by atoms with van der Waals surface area (Å²) in [5, 5.41) is 11.8. The summed E-state index contributed by atoms with van der Waals surface area (Å²) in [5.41, 5.74) is 0. The number of aliphatic carboxylic acids is 1. The number of hydrogen-bond donors (Lipinski definition) is 2. The number of carboxylic acids is 1. The second-order valence-corrected chi connectivity index (χ2v) is 6.05. The van der Waals surface area contributed by atoms with E-state index >= 15 is 0 Å². The van der Waals surface area contributed by atoms with E-state index in [1.165, 1.54) is 0 Å². The van der Waals surface area contributed by atoms with Crippen molar-refractivity contribution in [2.24, 2.45) is 0 Å². The molecule has 0 radical (unpaired) electrons. The van der Waals surface area contributed by atoms with Crippen LogP contribution in [0.25, 0.3) is 0 Å². The van der Waals surface area contributed by atoms with Gasteiger partial charge in [0, 0.05) is 32.4 Å². The van der Waals surface area contributed by atoms with Gasteiger partial charge in [0.2, 0.25) is 5.91 Å². The predicted molar refractivity (Wildman–Crippen MR) is 92.0 cm³/mol. The van der Waals surface area contributed by atoms with Crippen LogP contribution in [0, 0.1) is 0 Å². The Morgan fingerprint density at radius 2 is 2.04 bits per heavy atom. The number of rotatable bonds is 8. The minimum atomic E-state index is -0.961. The molecule has 0 aliphatic carbocycles. The van der Waals surface area contributed by atoms with E-state index in [4.69, 9.17) is 0 Å². The summed E-state index contributed by atoms with van der Waals surface area (Å²) in [5.74, 6) is -0.228. The van der Waals surface area contributed by atoms with Gasteiger partial charge in [0.05, 0.1) is 6.54 Å². The van der Waals surface area contributed by atoms with Crippen molar-refractivity contribution < 1.29 is 14.7 Å². The van der Waals surface area contributed by atoms with Crippen molar-refractivity contribution in [2.75, 3.05) is 37.6 Å². The molecular formula is C17H26N4O3. The molecule has 1 aromatic heterocycles. The van der Waals surface area contributed by atoms with Gasteiger partial charge in [0.1, 0.15) is 11.9 Å². The molecule has 132 valence electrons. The highest BCUT2D eigenvalue weighted by atomic mass is 16.4. The predicted octanol–water partition coefficient (Wildman–Crippen LogP) is 0.963. The lowest BCUT2D eigenvalue weighted by Crippen LogP contribution is -2.51. The van der Waals surface area contributed by atoms with Crippen LogP contribution in [-0.2, 0) is 9.59 Å². The number of unbranched alkanes of at least 4 members (excludes halogenated alkanes) is 1. The lowest BCUT2D eigenvalue weighted by atomic mass is 10.1. The van der Waals surface area contributed by atoms with Gasteiger partial charge in [-0.3, -0.25) is 9.69 Å². The summed E-state index contributed by atoms with van der Waals surface area (Å²) >= 11 is 0. The molecule has 0 bridgehead atoms. The zero-order valence-corrected chi connectivity index (χ0v) is 14.1. The minimum absolute atomic E-state index is 0.218. The number of carbonyl (C=O) groups excluding carboxylic acids is 1. The van der Waals surface area contributed by atoms with Gasteiger partial charge in [0.15, 0.2) is 0 Å². The SMILES string of the molecule is CCCCC(NC(=O)CN1CCN(c2ccccn2)CC1)C(=O)O. The highest BCUT2D eigenvalue weighted by molar-refractivity contribution is 5.84. The second kappa shape index (κ2) is 9.22. The Hall–Kier alpha value is -2.15. The van der Waals surface area contributed by atoms with Crippen molar-refractivity contribution in [2.45, 2.75) is 32.2 Å². The van der Waals surface area contributed by atoms with Crippen LogP contribution in [-0.4, -0.2) is 65.6 Å². The van der Waals surface area contributed by atoms with E-state index in [9.17, 15) is 14.7 Å². The van der Waals surface area contributed by atoms with Crippen LogP contribution in [0.2, 0.25) is 0 Å². The topological polar surface area (TPSA) is 85.8 Å². The highest BCUT2D eigenvalue weighted by Crippen LogP contribution is 2.12. The number of aromatic nitrogens is 1. The number of amides is 1. The van der Waals surface area contributed by atoms with Crippen molar-refractivity contribution in [1.82, 2.24) is 15.2 Å². The van der Waals surface area contributed by atoms with Gasteiger partial charge in [0.25, 0.3) is 0 Å². The Kier molecular flexibility index (Phi) is 6.99. The van der Waals surface area contributed by atoms with Gasteiger partial charge in [-0.2, -0.15) is 0 Å². The van der Waals surface area contributed by atoms with Crippen LogP contribution in [0.5, 0.6) is 0 Å². The fraction of sp³-hybridized carbons (Fsp3) is 0.588. The first kappa shape index (κ1) is 18.2. The Bertz CT molecular complexity index is 530. The molecule has 1 aliphatic rings. The maximum absolute atomic E-state index is 12.1. The van der Waals surface area contributed by atoms with Crippen LogP contribution in [0.4, 0.5) is 5.82 Å². The lowest BCUT2D eigenvalue weighted by Gasteiger charge is -2.35. The van der Waals surface area contributed by atoms with Crippen LogP contribution >= 0.6 is 0 Å². The number of piperazine rings is 1. The smallest absolute Gasteiger partial charge is 0.326 e. The van der Waals surface area contributed by atoms with Gasteiger partial charge < -0.3 is 15.3 Å². The normalized spacial score (nSPS) is 16.6. The van der Waals surface area contributed by atoms with Gasteiger partial charge >= 0.3 is 5.97 Å². The molecule has 1 unspecified atom stereocenters. The molecule has 1 aromatic rings. The fourth-order valence-corrected chi connectivity index (χ4v) is 2.78. The summed E-state index contributed by atoms with van der Waals surface area (Å²) in [6.07, 6.45) is 3.96. The molecule has 2 heterocycles. The van der Waals surface area contributed by atoms with Gasteiger partial charge in [-0.15, -0.1) is 0 Å². The van der Waals surface area contributed by atoms with E-state index in [2.05, 4.69) is 15.2 Å². The molecular weight excluding hydrogens is 308 g/mol. The van der Waals surface area contributed by atoms with E-state index in [0.717, 1.165) is 44.8 Å². The van der Waals surface area contributed by atoms with E-state index in [1.807, 2.05) is 30.0 Å². The Labute approximate surface area is 142 Å². The molecule has 2 rings (SSSR count). The molecule has 1 fully saturated rings. The average Bonchev–Trinajstić information content (AvgIpc) is 2.59. The van der Waals surface area contributed by atoms with Crippen molar-refractivity contribution in [3.63, 3.8) is 0 Å². The number of carbonyl (C=O) groups is 2. The summed E-state index contributed by atoms with van der Waals surface area (Å²) in [7, 11) is 0. The molecule has 1 saturated heterocycles. The fourth-order valence-electron chi connectivity index (χ4n) is 2.78. The quantitative estimate of drug-likeness (QED) is 0.737. The standard InChI is InChI=1S/C17H26N4O3/c1-2-3-6-14(17(23)24)19-16(22)13-20-9-11-21(12-10-20)15-7-4-5-8-18-15/h4-5,7-8,14H,2-3,6,9-13H2,1H3,(H,19,22)(H,23,24). The summed E-state index contributed by atoms with van der Waals surface area (Å²) in [6.45, 7) is 5.38. The summed E-state index contributed by atoms with van der Waals surface area (Å²) in [6, 6.07) is 5.05. The molecule has 1 amide bonds. The average molecular weight is 334 g/mol. The van der Waals surface area contributed by atoms with Gasteiger partial charge in [-0.05, 0) is 18.6 Å². The molecule has 0 aromatic carbocycles. The first-order valence-electron chi connectivity index (χ1n) is 8.50. The first-order chi connectivity index (χ1) is 11.6. The van der Waals surface area contributed by atoms with E-state index in [-0.39, 0.29) is 12.5 Å². The van der Waals surface area contributed by atoms with Crippen LogP contribution < -0.4 is 10.2 Å². The van der Waals surface area contributed by atoms with Crippen LogP contribution in [0.3, 0.4) is 0 Å². The first-order valence-corrected chi connectivity index (χ1v) is 8.50. The van der Waals surface area contributed by atoms with Crippen molar-refractivity contribution >= 4 is 17.7 Å². The molecule has 2 N–H and O–H groups in total. The zero-order chi connectivity index (χ0) is 17.4. The molecule has 0 spiro atoms. The Morgan fingerprint density at radius 1 is 1.29 bits per heavy atom. The van der Waals surface area contributed by atoms with Gasteiger partial charge in [-0.1, -0.05) is 25.8 Å². The van der Waals surface area contributed by atoms with Crippen molar-refractivity contribution in [3.8, 4) is 0 Å². The second-order valence-electron chi connectivity index (χ2n) is 6.05. The van der Waals surface area contributed by atoms with E-state index in [1.54, 1.807) is 6.20 Å². The third-order valence-electron chi connectivity index (χ3n) is 4.19. The van der Waals surface area contributed by atoms with Crippen LogP contribution in [0.1, 0.15) is 26.2 Å².